The summed E-state index contributed by atoms with van der Waals surface area (Å²) in [5, 5.41) is 3.13. The average Bonchev–Trinajstić information content (AvgIpc) is 2.86. The highest BCUT2D eigenvalue weighted by Crippen LogP contribution is 2.37. The van der Waals surface area contributed by atoms with Crippen LogP contribution >= 0.6 is 11.8 Å². The first-order valence-corrected chi connectivity index (χ1v) is 10.5. The van der Waals surface area contributed by atoms with Crippen molar-refractivity contribution >= 4 is 29.3 Å². The standard InChI is InChI=1S/C22H27N3O2S/c1-16-12-13-25(19-6-4-5-7-20(19)28-16)21(26)15-24(3)14-17-8-10-18(11-9-17)22(27)23-2/h4-11,16H,12-15H2,1-3H3,(H,23,27)/p+1/t16-/m1/s1. The van der Waals surface area contributed by atoms with E-state index in [0.717, 1.165) is 35.7 Å². The van der Waals surface area contributed by atoms with Gasteiger partial charge in [0, 0.05) is 34.9 Å². The molecule has 6 heteroatoms. The quantitative estimate of drug-likeness (QED) is 0.810. The third kappa shape index (κ3) is 4.94. The molecule has 0 fully saturated rings. The van der Waals surface area contributed by atoms with Gasteiger partial charge >= 0.3 is 0 Å². The van der Waals surface area contributed by atoms with Crippen molar-refractivity contribution in [3.05, 3.63) is 59.7 Å². The molecule has 0 radical (unpaired) electrons. The van der Waals surface area contributed by atoms with Gasteiger partial charge in [0.05, 0.1) is 12.7 Å². The van der Waals surface area contributed by atoms with Crippen LogP contribution in [0.1, 0.15) is 29.3 Å². The van der Waals surface area contributed by atoms with Gasteiger partial charge in [-0.2, -0.15) is 0 Å². The summed E-state index contributed by atoms with van der Waals surface area (Å²) in [6, 6.07) is 15.8. The Kier molecular flexibility index (Phi) is 6.75. The zero-order chi connectivity index (χ0) is 20.1. The number of amides is 2. The lowest BCUT2D eigenvalue weighted by Gasteiger charge is -2.24. The fraction of sp³-hybridized carbons (Fsp3) is 0.364. The predicted octanol–water partition coefficient (Wildman–Crippen LogP) is 1.98. The molecule has 0 bridgehead atoms. The summed E-state index contributed by atoms with van der Waals surface area (Å²) in [5.74, 6) is 0.0657. The van der Waals surface area contributed by atoms with E-state index in [-0.39, 0.29) is 11.8 Å². The van der Waals surface area contributed by atoms with Gasteiger partial charge in [-0.05, 0) is 30.7 Å². The van der Waals surface area contributed by atoms with E-state index in [2.05, 4.69) is 18.3 Å². The second-order valence-electron chi connectivity index (χ2n) is 7.32. The van der Waals surface area contributed by atoms with Crippen LogP contribution in [0.15, 0.2) is 53.4 Å². The number of fused-ring (bicyclic) bond motifs is 1. The van der Waals surface area contributed by atoms with Gasteiger partial charge < -0.3 is 15.1 Å². The molecule has 2 aromatic carbocycles. The van der Waals surface area contributed by atoms with E-state index in [1.54, 1.807) is 7.05 Å². The van der Waals surface area contributed by atoms with Crippen LogP contribution in [0.4, 0.5) is 5.69 Å². The van der Waals surface area contributed by atoms with Gasteiger partial charge in [-0.15, -0.1) is 11.8 Å². The number of rotatable bonds is 5. The van der Waals surface area contributed by atoms with Gasteiger partial charge in [-0.25, -0.2) is 0 Å². The van der Waals surface area contributed by atoms with Gasteiger partial charge in [0.15, 0.2) is 6.54 Å². The molecule has 1 aliphatic rings. The minimum atomic E-state index is -0.0886. The zero-order valence-corrected chi connectivity index (χ0v) is 17.5. The number of hydrogen-bond donors (Lipinski definition) is 2. The van der Waals surface area contributed by atoms with E-state index in [4.69, 9.17) is 0 Å². The molecule has 2 aromatic rings. The molecule has 28 heavy (non-hydrogen) atoms. The van der Waals surface area contributed by atoms with Crippen molar-refractivity contribution in [3.8, 4) is 0 Å². The minimum Gasteiger partial charge on any atom is -0.355 e. The lowest BCUT2D eigenvalue weighted by molar-refractivity contribution is -0.885. The molecule has 1 heterocycles. The molecule has 0 saturated carbocycles. The summed E-state index contributed by atoms with van der Waals surface area (Å²) in [6.45, 7) is 4.15. The number of carbonyl (C=O) groups is 2. The summed E-state index contributed by atoms with van der Waals surface area (Å²) in [5.41, 5.74) is 2.79. The number of benzene rings is 2. The molecular weight excluding hydrogens is 370 g/mol. The number of likely N-dealkylation sites (N-methyl/N-ethyl adjacent to an activating group) is 1. The summed E-state index contributed by atoms with van der Waals surface area (Å²) < 4.78 is 0. The fourth-order valence-electron chi connectivity index (χ4n) is 3.43. The van der Waals surface area contributed by atoms with Gasteiger partial charge in [0.2, 0.25) is 0 Å². The maximum Gasteiger partial charge on any atom is 0.282 e. The number of quaternary nitrogens is 1. The lowest BCUT2D eigenvalue weighted by Crippen LogP contribution is -3.09. The van der Waals surface area contributed by atoms with Crippen LogP contribution in [-0.2, 0) is 11.3 Å². The van der Waals surface area contributed by atoms with Crippen molar-refractivity contribution in [3.63, 3.8) is 0 Å². The zero-order valence-electron chi connectivity index (χ0n) is 16.7. The molecule has 1 aliphatic heterocycles. The van der Waals surface area contributed by atoms with Crippen molar-refractivity contribution in [1.29, 1.82) is 0 Å². The first-order valence-electron chi connectivity index (χ1n) is 9.66. The molecule has 1 unspecified atom stereocenters. The van der Waals surface area contributed by atoms with Crippen LogP contribution in [0.3, 0.4) is 0 Å². The highest BCUT2D eigenvalue weighted by Gasteiger charge is 2.26. The number of nitrogens with one attached hydrogen (secondary N) is 2. The molecule has 3 rings (SSSR count). The molecule has 0 spiro atoms. The van der Waals surface area contributed by atoms with Gasteiger partial charge in [0.25, 0.3) is 11.8 Å². The van der Waals surface area contributed by atoms with Crippen LogP contribution < -0.4 is 15.1 Å². The Morgan fingerprint density at radius 2 is 1.89 bits per heavy atom. The third-order valence-electron chi connectivity index (χ3n) is 4.95. The van der Waals surface area contributed by atoms with Crippen molar-refractivity contribution < 1.29 is 14.5 Å². The molecule has 2 N–H and O–H groups in total. The van der Waals surface area contributed by atoms with Crippen molar-refractivity contribution in [2.75, 3.05) is 32.1 Å². The maximum atomic E-state index is 13.0. The number of hydrogen-bond acceptors (Lipinski definition) is 3. The predicted molar refractivity (Wildman–Crippen MR) is 114 cm³/mol. The van der Waals surface area contributed by atoms with E-state index < -0.39 is 0 Å². The number of anilines is 1. The molecule has 0 saturated heterocycles. The maximum absolute atomic E-state index is 13.0. The van der Waals surface area contributed by atoms with Crippen LogP contribution in [0.5, 0.6) is 0 Å². The smallest absolute Gasteiger partial charge is 0.282 e. The van der Waals surface area contributed by atoms with Gasteiger partial charge in [-0.1, -0.05) is 31.2 Å². The molecule has 5 nitrogen and oxygen atoms in total. The molecule has 2 amide bonds. The Balaban J connectivity index is 1.65. The van der Waals surface area contributed by atoms with Crippen LogP contribution in [0.25, 0.3) is 0 Å². The Labute approximate surface area is 171 Å². The summed E-state index contributed by atoms with van der Waals surface area (Å²) in [7, 11) is 3.66. The summed E-state index contributed by atoms with van der Waals surface area (Å²) in [4.78, 5) is 29.0. The Morgan fingerprint density at radius 1 is 1.18 bits per heavy atom. The monoisotopic (exact) mass is 398 g/mol. The van der Waals surface area contributed by atoms with Crippen LogP contribution in [0, 0.1) is 0 Å². The number of carbonyl (C=O) groups excluding carboxylic acids is 2. The van der Waals surface area contributed by atoms with Crippen molar-refractivity contribution in [2.45, 2.75) is 30.0 Å². The molecule has 0 aromatic heterocycles. The summed E-state index contributed by atoms with van der Waals surface area (Å²) in [6.07, 6.45) is 0.991. The Bertz CT molecular complexity index is 838. The minimum absolute atomic E-state index is 0.0886. The Morgan fingerprint density at radius 3 is 2.61 bits per heavy atom. The second kappa shape index (κ2) is 9.26. The lowest BCUT2D eigenvalue weighted by atomic mass is 10.1. The average molecular weight is 399 g/mol. The van der Waals surface area contributed by atoms with E-state index in [1.807, 2.05) is 66.2 Å². The van der Waals surface area contributed by atoms with E-state index in [1.165, 1.54) is 4.90 Å². The van der Waals surface area contributed by atoms with Gasteiger partial charge in [0.1, 0.15) is 6.54 Å². The highest BCUT2D eigenvalue weighted by molar-refractivity contribution is 8.00. The number of nitrogens with zero attached hydrogens (tertiary/aromatic N) is 1. The Hall–Kier alpha value is -2.31. The largest absolute Gasteiger partial charge is 0.355 e. The SMILES string of the molecule is CNC(=O)c1ccc(C[NH+](C)CC(=O)N2CC[C@@H](C)Sc3ccccc32)cc1. The van der Waals surface area contributed by atoms with E-state index in [9.17, 15) is 9.59 Å². The summed E-state index contributed by atoms with van der Waals surface area (Å²) >= 11 is 1.85. The van der Waals surface area contributed by atoms with Crippen LogP contribution in [0.2, 0.25) is 0 Å². The number of para-hydroxylation sites is 1. The molecular formula is C22H28N3O2S+. The molecule has 2 atom stereocenters. The van der Waals surface area contributed by atoms with E-state index in [0.29, 0.717) is 17.4 Å². The molecule has 148 valence electrons. The van der Waals surface area contributed by atoms with Gasteiger partial charge in [-0.3, -0.25) is 9.59 Å². The third-order valence-corrected chi connectivity index (χ3v) is 6.18. The van der Waals surface area contributed by atoms with Crippen molar-refractivity contribution in [1.82, 2.24) is 5.32 Å². The van der Waals surface area contributed by atoms with Crippen molar-refractivity contribution in [2.24, 2.45) is 0 Å². The first kappa shape index (κ1) is 20.4. The topological polar surface area (TPSA) is 53.9 Å². The highest BCUT2D eigenvalue weighted by atomic mass is 32.2. The normalized spacial score (nSPS) is 17.4. The fourth-order valence-corrected chi connectivity index (χ4v) is 4.54. The number of thioether (sulfide) groups is 1. The van der Waals surface area contributed by atoms with E-state index >= 15 is 0 Å². The molecule has 0 aliphatic carbocycles. The second-order valence-corrected chi connectivity index (χ2v) is 8.80. The van der Waals surface area contributed by atoms with Crippen LogP contribution in [-0.4, -0.2) is 44.2 Å². The first-order chi connectivity index (χ1) is 13.5.